The summed E-state index contributed by atoms with van der Waals surface area (Å²) < 4.78 is 6.58. The first-order valence-corrected chi connectivity index (χ1v) is 4.73. The summed E-state index contributed by atoms with van der Waals surface area (Å²) in [7, 11) is 0. The molecule has 0 unspecified atom stereocenters. The lowest BCUT2D eigenvalue weighted by molar-refractivity contribution is 0.555. The van der Waals surface area contributed by atoms with Crippen LogP contribution in [0.3, 0.4) is 0 Å². The lowest BCUT2D eigenvalue weighted by atomic mass is 10.3. The molecule has 2 rings (SSSR count). The number of aromatic nitrogens is 1. The molecule has 5 heteroatoms. The predicted octanol–water partition coefficient (Wildman–Crippen LogP) is 2.65. The summed E-state index contributed by atoms with van der Waals surface area (Å²) in [5, 5.41) is 0. The zero-order valence-electron chi connectivity index (χ0n) is 5.73. The molecule has 3 nitrogen and oxygen atoms in total. The van der Waals surface area contributed by atoms with Crippen molar-refractivity contribution in [2.75, 3.05) is 0 Å². The Bertz CT molecular complexity index is 444. The Morgan fingerprint density at radius 1 is 1.25 bits per heavy atom. The maximum Gasteiger partial charge on any atom is 0.417 e. The molecule has 1 N–H and O–H groups in total. The van der Waals surface area contributed by atoms with Crippen LogP contribution < -0.4 is 5.76 Å². The summed E-state index contributed by atoms with van der Waals surface area (Å²) in [5.41, 5.74) is 1.24. The van der Waals surface area contributed by atoms with Crippen LogP contribution >= 0.6 is 31.9 Å². The van der Waals surface area contributed by atoms with E-state index in [2.05, 4.69) is 36.8 Å². The second-order valence-corrected chi connectivity index (χ2v) is 3.99. The normalized spacial score (nSPS) is 10.8. The van der Waals surface area contributed by atoms with E-state index in [1.54, 1.807) is 12.1 Å². The van der Waals surface area contributed by atoms with Gasteiger partial charge in [0.2, 0.25) is 0 Å². The van der Waals surface area contributed by atoms with Gasteiger partial charge in [0.1, 0.15) is 0 Å². The Morgan fingerprint density at radius 2 is 1.92 bits per heavy atom. The first kappa shape index (κ1) is 8.07. The monoisotopic (exact) mass is 291 g/mol. The van der Waals surface area contributed by atoms with Crippen molar-refractivity contribution in [1.82, 2.24) is 4.98 Å². The highest BCUT2D eigenvalue weighted by molar-refractivity contribution is 9.13. The molecule has 2 aromatic rings. The molecule has 1 aromatic carbocycles. The van der Waals surface area contributed by atoms with Crippen molar-refractivity contribution in [1.29, 1.82) is 0 Å². The van der Waals surface area contributed by atoms with Gasteiger partial charge in [0.15, 0.2) is 5.58 Å². The highest BCUT2D eigenvalue weighted by atomic mass is 79.9. The lowest BCUT2D eigenvalue weighted by Crippen LogP contribution is -1.92. The van der Waals surface area contributed by atoms with Gasteiger partial charge in [-0.15, -0.1) is 0 Å². The van der Waals surface area contributed by atoms with E-state index in [0.29, 0.717) is 11.1 Å². The van der Waals surface area contributed by atoms with Crippen LogP contribution in [0.2, 0.25) is 0 Å². The van der Waals surface area contributed by atoms with E-state index >= 15 is 0 Å². The van der Waals surface area contributed by atoms with Gasteiger partial charge >= 0.3 is 5.76 Å². The second kappa shape index (κ2) is 2.74. The van der Waals surface area contributed by atoms with E-state index < -0.39 is 5.76 Å². The highest BCUT2D eigenvalue weighted by Gasteiger charge is 2.04. The van der Waals surface area contributed by atoms with Crippen molar-refractivity contribution in [2.24, 2.45) is 0 Å². The molecule has 0 saturated heterocycles. The number of aromatic amines is 1. The summed E-state index contributed by atoms with van der Waals surface area (Å²) in [5.74, 6) is -0.435. The molecule has 0 bridgehead atoms. The number of rotatable bonds is 0. The number of H-pyrrole nitrogens is 1. The van der Waals surface area contributed by atoms with Crippen molar-refractivity contribution in [3.05, 3.63) is 31.6 Å². The van der Waals surface area contributed by atoms with E-state index in [9.17, 15) is 4.79 Å². The molecule has 62 valence electrons. The minimum absolute atomic E-state index is 0.435. The van der Waals surface area contributed by atoms with Crippen LogP contribution in [-0.4, -0.2) is 4.98 Å². The third-order valence-corrected chi connectivity index (χ3v) is 3.31. The average molecular weight is 293 g/mol. The number of benzene rings is 1. The summed E-state index contributed by atoms with van der Waals surface area (Å²) in [4.78, 5) is 13.3. The first-order chi connectivity index (χ1) is 5.66. The van der Waals surface area contributed by atoms with Crippen LogP contribution in [0.15, 0.2) is 30.3 Å². The van der Waals surface area contributed by atoms with Crippen LogP contribution in [0, 0.1) is 0 Å². The van der Waals surface area contributed by atoms with Gasteiger partial charge in [-0.1, -0.05) is 0 Å². The van der Waals surface area contributed by atoms with Crippen LogP contribution in [-0.2, 0) is 0 Å². The Kier molecular flexibility index (Phi) is 1.84. The van der Waals surface area contributed by atoms with Crippen LogP contribution in [0.1, 0.15) is 0 Å². The maximum atomic E-state index is 10.8. The van der Waals surface area contributed by atoms with E-state index in [1.165, 1.54) is 0 Å². The molecule has 0 spiro atoms. The minimum Gasteiger partial charge on any atom is -0.408 e. The zero-order valence-corrected chi connectivity index (χ0v) is 8.90. The Labute approximate surface area is 84.0 Å². The smallest absolute Gasteiger partial charge is 0.408 e. The average Bonchev–Trinajstić information content (AvgIpc) is 2.30. The van der Waals surface area contributed by atoms with E-state index in [-0.39, 0.29) is 0 Å². The maximum absolute atomic E-state index is 10.8. The molecule has 0 amide bonds. The molecule has 0 saturated carbocycles. The highest BCUT2D eigenvalue weighted by Crippen LogP contribution is 2.26. The van der Waals surface area contributed by atoms with Gasteiger partial charge in [0.25, 0.3) is 0 Å². The van der Waals surface area contributed by atoms with Crippen molar-refractivity contribution in [3.63, 3.8) is 0 Å². The fourth-order valence-electron chi connectivity index (χ4n) is 0.946. The summed E-state index contributed by atoms with van der Waals surface area (Å²) in [6.07, 6.45) is 0. The van der Waals surface area contributed by atoms with Crippen molar-refractivity contribution in [3.8, 4) is 0 Å². The predicted molar refractivity (Wildman–Crippen MR) is 52.2 cm³/mol. The molecule has 1 heterocycles. The number of fused-ring (bicyclic) bond motifs is 1. The van der Waals surface area contributed by atoms with Gasteiger partial charge in [-0.2, -0.15) is 0 Å². The Balaban J connectivity index is 2.92. The number of hydrogen-bond acceptors (Lipinski definition) is 2. The Hall–Kier alpha value is -0.550. The van der Waals surface area contributed by atoms with Gasteiger partial charge in [-0.25, -0.2) is 4.79 Å². The molecule has 0 aliphatic carbocycles. The molecule has 1 aromatic heterocycles. The lowest BCUT2D eigenvalue weighted by Gasteiger charge is -1.92. The zero-order chi connectivity index (χ0) is 8.72. The summed E-state index contributed by atoms with van der Waals surface area (Å²) in [6.45, 7) is 0. The van der Waals surface area contributed by atoms with E-state index in [1.807, 2.05) is 0 Å². The molecular weight excluding hydrogens is 290 g/mol. The number of nitrogens with one attached hydrogen (secondary N) is 1. The van der Waals surface area contributed by atoms with Crippen molar-refractivity contribution < 1.29 is 4.42 Å². The summed E-state index contributed by atoms with van der Waals surface area (Å²) >= 11 is 6.62. The molecule has 0 aliphatic heterocycles. The second-order valence-electron chi connectivity index (χ2n) is 2.28. The third kappa shape index (κ3) is 1.23. The third-order valence-electron chi connectivity index (χ3n) is 1.46. The molecule has 0 aliphatic rings. The number of oxazole rings is 1. The SMILES string of the molecule is O=c1[nH]c2cc(Br)c(Br)cc2o1. The van der Waals surface area contributed by atoms with Crippen molar-refractivity contribution in [2.45, 2.75) is 0 Å². The van der Waals surface area contributed by atoms with Gasteiger partial charge in [0.05, 0.1) is 5.52 Å². The summed E-state index contributed by atoms with van der Waals surface area (Å²) in [6, 6.07) is 3.52. The van der Waals surface area contributed by atoms with Crippen LogP contribution in [0.4, 0.5) is 0 Å². The fraction of sp³-hybridized carbons (Fsp3) is 0. The van der Waals surface area contributed by atoms with E-state index in [0.717, 1.165) is 8.95 Å². The molecule has 0 atom stereocenters. The van der Waals surface area contributed by atoms with E-state index in [4.69, 9.17) is 4.42 Å². The van der Waals surface area contributed by atoms with Crippen LogP contribution in [0.5, 0.6) is 0 Å². The molecule has 12 heavy (non-hydrogen) atoms. The van der Waals surface area contributed by atoms with Crippen molar-refractivity contribution >= 4 is 43.0 Å². The quantitative estimate of drug-likeness (QED) is 0.811. The Morgan fingerprint density at radius 3 is 2.67 bits per heavy atom. The largest absolute Gasteiger partial charge is 0.417 e. The molecule has 0 fully saturated rings. The topological polar surface area (TPSA) is 46.0 Å². The number of halogens is 2. The van der Waals surface area contributed by atoms with Crippen LogP contribution in [0.25, 0.3) is 11.1 Å². The standard InChI is InChI=1S/C7H3Br2NO2/c8-3-1-5-6(2-4(3)9)12-7(11)10-5/h1-2H,(H,10,11). The molecular formula is C7H3Br2NO2. The van der Waals surface area contributed by atoms with Gasteiger partial charge in [-0.05, 0) is 44.0 Å². The van der Waals surface area contributed by atoms with Gasteiger partial charge in [0, 0.05) is 8.95 Å². The fourth-order valence-corrected chi connectivity index (χ4v) is 1.61. The molecule has 0 radical (unpaired) electrons. The van der Waals surface area contributed by atoms with Gasteiger partial charge in [-0.3, -0.25) is 4.98 Å². The first-order valence-electron chi connectivity index (χ1n) is 3.15. The number of hydrogen-bond donors (Lipinski definition) is 1. The minimum atomic E-state index is -0.435. The van der Waals surface area contributed by atoms with Gasteiger partial charge < -0.3 is 4.42 Å².